The fourth-order valence-corrected chi connectivity index (χ4v) is 4.52. The van der Waals surface area contributed by atoms with Gasteiger partial charge in [-0.3, -0.25) is 0 Å². The van der Waals surface area contributed by atoms with Gasteiger partial charge in [-0.15, -0.1) is 0 Å². The van der Waals surface area contributed by atoms with E-state index in [0.717, 1.165) is 62.1 Å². The normalized spacial score (nSPS) is 24.2. The Bertz CT molecular complexity index is 758. The van der Waals surface area contributed by atoms with Crippen LogP contribution in [0.2, 0.25) is 5.28 Å². The van der Waals surface area contributed by atoms with Gasteiger partial charge in [0.05, 0.1) is 0 Å². The summed E-state index contributed by atoms with van der Waals surface area (Å²) in [5.74, 6) is 2.05. The Balaban J connectivity index is 1.84. The van der Waals surface area contributed by atoms with Crippen molar-refractivity contribution in [1.82, 2.24) is 14.9 Å². The number of amidine groups is 1. The fourth-order valence-electron chi connectivity index (χ4n) is 4.35. The van der Waals surface area contributed by atoms with Crippen LogP contribution in [-0.4, -0.2) is 46.9 Å². The number of piperidine rings is 2. The van der Waals surface area contributed by atoms with E-state index in [4.69, 9.17) is 26.6 Å². The third kappa shape index (κ3) is 3.98. The van der Waals surface area contributed by atoms with Crippen LogP contribution in [0.4, 0.5) is 5.82 Å². The van der Waals surface area contributed by atoms with Crippen molar-refractivity contribution < 1.29 is 0 Å². The van der Waals surface area contributed by atoms with Gasteiger partial charge in [0, 0.05) is 37.4 Å². The van der Waals surface area contributed by atoms with Gasteiger partial charge < -0.3 is 9.80 Å². The Morgan fingerprint density at radius 2 is 1.41 bits per heavy atom. The molecular weight excluding hydrogens is 358 g/mol. The van der Waals surface area contributed by atoms with E-state index >= 15 is 0 Å². The van der Waals surface area contributed by atoms with Crippen molar-refractivity contribution >= 4 is 23.3 Å². The standard InChI is InChI=1S/C21H30ClN5/c1-15-9-10-17-18(20(23-16(15)2)27-13-7-4-8-14-27)24-21(22)25-19(17)26-11-5-3-6-12-26/h3-14H2,1-2H3/b16-15+,23-20?. The molecule has 1 aromatic heterocycles. The third-order valence-electron chi connectivity index (χ3n) is 6.12. The third-order valence-corrected chi connectivity index (χ3v) is 6.29. The highest BCUT2D eigenvalue weighted by molar-refractivity contribution is 6.28. The number of nitrogens with zero attached hydrogens (tertiary/aromatic N) is 5. The molecule has 5 nitrogen and oxygen atoms in total. The summed E-state index contributed by atoms with van der Waals surface area (Å²) in [5.41, 5.74) is 4.67. The van der Waals surface area contributed by atoms with Crippen molar-refractivity contribution in [2.45, 2.75) is 65.2 Å². The second kappa shape index (κ2) is 8.17. The summed E-state index contributed by atoms with van der Waals surface area (Å²) in [7, 11) is 0. The van der Waals surface area contributed by atoms with Crippen LogP contribution in [0, 0.1) is 0 Å². The molecule has 0 unspecified atom stereocenters. The van der Waals surface area contributed by atoms with Gasteiger partial charge >= 0.3 is 0 Å². The maximum absolute atomic E-state index is 6.43. The monoisotopic (exact) mass is 387 g/mol. The second-order valence-electron chi connectivity index (χ2n) is 8.04. The first kappa shape index (κ1) is 18.7. The molecule has 0 amide bonds. The van der Waals surface area contributed by atoms with Crippen LogP contribution in [0.3, 0.4) is 0 Å². The Labute approximate surface area is 167 Å². The number of anilines is 1. The highest BCUT2D eigenvalue weighted by atomic mass is 35.5. The van der Waals surface area contributed by atoms with Crippen LogP contribution < -0.4 is 4.90 Å². The average molecular weight is 388 g/mol. The molecular formula is C21H30ClN5. The van der Waals surface area contributed by atoms with Gasteiger partial charge in [-0.2, -0.15) is 0 Å². The molecule has 0 bridgehead atoms. The van der Waals surface area contributed by atoms with Crippen LogP contribution in [0.5, 0.6) is 0 Å². The quantitative estimate of drug-likeness (QED) is 0.661. The first-order valence-corrected chi connectivity index (χ1v) is 10.8. The molecule has 0 aromatic carbocycles. The number of fused-ring (bicyclic) bond motifs is 1. The maximum atomic E-state index is 6.43. The summed E-state index contributed by atoms with van der Waals surface area (Å²) in [6, 6.07) is 0. The number of aliphatic imine (C=N–C) groups is 1. The van der Waals surface area contributed by atoms with Gasteiger partial charge in [-0.25, -0.2) is 15.0 Å². The van der Waals surface area contributed by atoms with Crippen molar-refractivity contribution in [2.75, 3.05) is 31.1 Å². The largest absolute Gasteiger partial charge is 0.356 e. The number of aromatic nitrogens is 2. The van der Waals surface area contributed by atoms with E-state index in [0.29, 0.717) is 5.28 Å². The topological polar surface area (TPSA) is 44.6 Å². The molecule has 0 atom stereocenters. The minimum absolute atomic E-state index is 0.345. The second-order valence-corrected chi connectivity index (χ2v) is 8.38. The minimum Gasteiger partial charge on any atom is -0.356 e. The number of hydrogen-bond acceptors (Lipinski definition) is 5. The van der Waals surface area contributed by atoms with Crippen molar-refractivity contribution in [3.05, 3.63) is 27.8 Å². The first-order chi connectivity index (χ1) is 13.1. The molecule has 146 valence electrons. The fraction of sp³-hybridized carbons (Fsp3) is 0.667. The molecule has 0 radical (unpaired) electrons. The number of hydrogen-bond donors (Lipinski definition) is 0. The van der Waals surface area contributed by atoms with Crippen LogP contribution in [0.1, 0.15) is 70.1 Å². The summed E-state index contributed by atoms with van der Waals surface area (Å²) >= 11 is 6.43. The zero-order chi connectivity index (χ0) is 18.8. The molecule has 1 aromatic rings. The summed E-state index contributed by atoms with van der Waals surface area (Å²) in [6.45, 7) is 8.54. The summed E-state index contributed by atoms with van der Waals surface area (Å²) < 4.78 is 0. The lowest BCUT2D eigenvalue weighted by Crippen LogP contribution is -2.39. The summed E-state index contributed by atoms with van der Waals surface area (Å²) in [5, 5.41) is 0.345. The first-order valence-electron chi connectivity index (χ1n) is 10.4. The van der Waals surface area contributed by atoms with Crippen molar-refractivity contribution in [3.63, 3.8) is 0 Å². The molecule has 2 fully saturated rings. The molecule has 0 N–H and O–H groups in total. The highest BCUT2D eigenvalue weighted by Crippen LogP contribution is 2.31. The van der Waals surface area contributed by atoms with E-state index in [2.05, 4.69) is 23.6 Å². The molecule has 4 heterocycles. The van der Waals surface area contributed by atoms with E-state index < -0.39 is 0 Å². The van der Waals surface area contributed by atoms with E-state index in [-0.39, 0.29) is 0 Å². The van der Waals surface area contributed by atoms with Crippen molar-refractivity contribution in [2.24, 2.45) is 4.99 Å². The van der Waals surface area contributed by atoms with Crippen LogP contribution >= 0.6 is 11.6 Å². The number of rotatable bonds is 1. The molecule has 0 saturated carbocycles. The Morgan fingerprint density at radius 1 is 0.778 bits per heavy atom. The number of likely N-dealkylation sites (tertiary alicyclic amines) is 1. The van der Waals surface area contributed by atoms with E-state index in [1.807, 2.05) is 0 Å². The Morgan fingerprint density at radius 3 is 2.07 bits per heavy atom. The van der Waals surface area contributed by atoms with Gasteiger partial charge in [-0.05, 0) is 76.8 Å². The average Bonchev–Trinajstić information content (AvgIpc) is 2.70. The summed E-state index contributed by atoms with van der Waals surface area (Å²) in [4.78, 5) is 19.3. The molecule has 3 aliphatic rings. The van der Waals surface area contributed by atoms with E-state index in [9.17, 15) is 0 Å². The smallest absolute Gasteiger partial charge is 0.225 e. The molecule has 2 saturated heterocycles. The molecule has 0 spiro atoms. The van der Waals surface area contributed by atoms with Crippen LogP contribution in [-0.2, 0) is 6.42 Å². The van der Waals surface area contributed by atoms with Gasteiger partial charge in [0.2, 0.25) is 5.28 Å². The van der Waals surface area contributed by atoms with Gasteiger partial charge in [-0.1, -0.05) is 5.57 Å². The maximum Gasteiger partial charge on any atom is 0.225 e. The van der Waals surface area contributed by atoms with Crippen molar-refractivity contribution in [3.8, 4) is 0 Å². The van der Waals surface area contributed by atoms with E-state index in [1.54, 1.807) is 0 Å². The minimum atomic E-state index is 0.345. The van der Waals surface area contributed by atoms with Gasteiger partial charge in [0.1, 0.15) is 11.5 Å². The molecule has 27 heavy (non-hydrogen) atoms. The predicted octanol–water partition coefficient (Wildman–Crippen LogP) is 4.59. The zero-order valence-corrected chi connectivity index (χ0v) is 17.4. The molecule has 3 aliphatic heterocycles. The number of allylic oxidation sites excluding steroid dienone is 2. The highest BCUT2D eigenvalue weighted by Gasteiger charge is 2.27. The van der Waals surface area contributed by atoms with Gasteiger partial charge in [0.15, 0.2) is 5.84 Å². The molecule has 4 rings (SSSR count). The molecule has 0 aliphatic carbocycles. The Kier molecular flexibility index (Phi) is 5.67. The Hall–Kier alpha value is -1.62. The predicted molar refractivity (Wildman–Crippen MR) is 112 cm³/mol. The zero-order valence-electron chi connectivity index (χ0n) is 16.6. The van der Waals surface area contributed by atoms with Crippen LogP contribution in [0.25, 0.3) is 0 Å². The van der Waals surface area contributed by atoms with Crippen molar-refractivity contribution in [1.29, 1.82) is 0 Å². The molecule has 6 heteroatoms. The SMILES string of the molecule is C/C1=C(/C)N=C(N2CCCCC2)c2nc(Cl)nc(N3CCCCC3)c2CC1. The lowest BCUT2D eigenvalue weighted by atomic mass is 9.99. The van der Waals surface area contributed by atoms with E-state index in [1.165, 1.54) is 49.7 Å². The number of halogens is 1. The van der Waals surface area contributed by atoms with Gasteiger partial charge in [0.25, 0.3) is 0 Å². The van der Waals surface area contributed by atoms with Crippen LogP contribution in [0.15, 0.2) is 16.3 Å². The lowest BCUT2D eigenvalue weighted by molar-refractivity contribution is 0.341. The lowest BCUT2D eigenvalue weighted by Gasteiger charge is -2.34. The summed E-state index contributed by atoms with van der Waals surface area (Å²) in [6.07, 6.45) is 9.44.